The molecular formula is C20H21N3O4S. The fourth-order valence-electron chi connectivity index (χ4n) is 2.60. The smallest absolute Gasteiger partial charge is 0.206 e. The molecule has 0 amide bonds. The highest BCUT2D eigenvalue weighted by molar-refractivity contribution is 7.07. The Morgan fingerprint density at radius 2 is 1.96 bits per heavy atom. The van der Waals surface area contributed by atoms with Gasteiger partial charge >= 0.3 is 0 Å². The maximum Gasteiger partial charge on any atom is 0.206 e. The molecule has 3 rings (SSSR count). The van der Waals surface area contributed by atoms with Gasteiger partial charge in [0.2, 0.25) is 10.6 Å². The molecule has 0 saturated heterocycles. The lowest BCUT2D eigenvalue weighted by Crippen LogP contribution is -2.12. The van der Waals surface area contributed by atoms with E-state index in [1.54, 1.807) is 50.6 Å². The number of hydrogen-bond donors (Lipinski definition) is 0. The number of benzene rings is 1. The van der Waals surface area contributed by atoms with Crippen molar-refractivity contribution in [3.63, 3.8) is 0 Å². The summed E-state index contributed by atoms with van der Waals surface area (Å²) in [6.45, 7) is 4.21. The van der Waals surface area contributed by atoms with Crippen molar-refractivity contribution in [3.05, 3.63) is 58.9 Å². The van der Waals surface area contributed by atoms with E-state index in [4.69, 9.17) is 18.6 Å². The molecule has 0 atom stereocenters. The Morgan fingerprint density at radius 3 is 2.61 bits per heavy atom. The van der Waals surface area contributed by atoms with Gasteiger partial charge in [0.15, 0.2) is 17.3 Å². The monoisotopic (exact) mass is 399 g/mol. The van der Waals surface area contributed by atoms with E-state index in [9.17, 15) is 0 Å². The van der Waals surface area contributed by atoms with Gasteiger partial charge in [-0.05, 0) is 24.3 Å². The van der Waals surface area contributed by atoms with Crippen LogP contribution in [-0.4, -0.2) is 38.8 Å². The number of rotatable bonds is 8. The van der Waals surface area contributed by atoms with Crippen molar-refractivity contribution in [1.82, 2.24) is 4.68 Å². The third kappa shape index (κ3) is 3.86. The van der Waals surface area contributed by atoms with Crippen LogP contribution in [0, 0.1) is 0 Å². The van der Waals surface area contributed by atoms with Gasteiger partial charge in [-0.1, -0.05) is 6.08 Å². The van der Waals surface area contributed by atoms with Gasteiger partial charge in [0.1, 0.15) is 5.69 Å². The Hall–Kier alpha value is -3.26. The number of thiazole rings is 1. The molecule has 3 aromatic rings. The molecule has 7 nitrogen and oxygen atoms in total. The zero-order valence-corrected chi connectivity index (χ0v) is 16.7. The second-order valence-corrected chi connectivity index (χ2v) is 6.33. The summed E-state index contributed by atoms with van der Waals surface area (Å²) in [6.07, 6.45) is 5.05. The van der Waals surface area contributed by atoms with Crippen LogP contribution >= 0.6 is 11.3 Å². The van der Waals surface area contributed by atoms with Crippen molar-refractivity contribution in [2.75, 3.05) is 27.9 Å². The highest BCUT2D eigenvalue weighted by Crippen LogP contribution is 2.39. The highest BCUT2D eigenvalue weighted by Gasteiger charge is 2.15. The van der Waals surface area contributed by atoms with Crippen LogP contribution < -0.4 is 19.0 Å². The number of aromatic nitrogens is 1. The quantitative estimate of drug-likeness (QED) is 0.427. The maximum absolute atomic E-state index is 5.53. The number of hydrogen-bond acceptors (Lipinski definition) is 7. The molecule has 8 heteroatoms. The van der Waals surface area contributed by atoms with Gasteiger partial charge in [0, 0.05) is 10.9 Å². The van der Waals surface area contributed by atoms with Gasteiger partial charge in [0.05, 0.1) is 40.4 Å². The molecule has 2 heterocycles. The van der Waals surface area contributed by atoms with Crippen LogP contribution in [0.3, 0.4) is 0 Å². The number of ether oxygens (including phenoxy) is 3. The van der Waals surface area contributed by atoms with Crippen LogP contribution in [0.2, 0.25) is 0 Å². The summed E-state index contributed by atoms with van der Waals surface area (Å²) >= 11 is 1.47. The molecule has 2 aromatic heterocycles. The average molecular weight is 399 g/mol. The van der Waals surface area contributed by atoms with Crippen molar-refractivity contribution < 1.29 is 18.6 Å². The summed E-state index contributed by atoms with van der Waals surface area (Å²) in [6, 6.07) is 7.36. The third-order valence-electron chi connectivity index (χ3n) is 3.86. The predicted molar refractivity (Wildman–Crippen MR) is 110 cm³/mol. The minimum atomic E-state index is 0.493. The first-order chi connectivity index (χ1) is 13.7. The first-order valence-corrected chi connectivity index (χ1v) is 9.30. The SMILES string of the molecule is C=CCN=c1scc(-c2ccco2)n1N=Cc1ccc(OC)c(OC)c1OC. The Labute approximate surface area is 166 Å². The normalized spacial score (nSPS) is 11.8. The van der Waals surface area contributed by atoms with E-state index < -0.39 is 0 Å². The molecule has 0 N–H and O–H groups in total. The van der Waals surface area contributed by atoms with E-state index in [1.165, 1.54) is 11.3 Å². The lowest BCUT2D eigenvalue weighted by molar-refractivity contribution is 0.324. The molecule has 0 aliphatic heterocycles. The van der Waals surface area contributed by atoms with Gasteiger partial charge in [-0.15, -0.1) is 17.9 Å². The van der Waals surface area contributed by atoms with Crippen LogP contribution in [0.1, 0.15) is 5.56 Å². The Kier molecular flexibility index (Phi) is 6.33. The van der Waals surface area contributed by atoms with Crippen molar-refractivity contribution in [2.45, 2.75) is 0 Å². The number of furan rings is 1. The molecule has 0 fully saturated rings. The van der Waals surface area contributed by atoms with Crippen LogP contribution in [0.25, 0.3) is 11.5 Å². The van der Waals surface area contributed by atoms with E-state index in [2.05, 4.69) is 16.7 Å². The minimum Gasteiger partial charge on any atom is -0.493 e. The highest BCUT2D eigenvalue weighted by atomic mass is 32.1. The molecule has 28 heavy (non-hydrogen) atoms. The van der Waals surface area contributed by atoms with Crippen molar-refractivity contribution in [2.24, 2.45) is 10.1 Å². The van der Waals surface area contributed by atoms with Crippen LogP contribution in [0.15, 0.2) is 63.1 Å². The molecular weight excluding hydrogens is 378 g/mol. The number of nitrogens with zero attached hydrogens (tertiary/aromatic N) is 3. The standard InChI is InChI=1S/C20H21N3O4S/c1-5-10-21-20-23(15(13-28-20)16-7-6-11-27-16)22-12-14-8-9-17(24-2)19(26-4)18(14)25-3/h5-9,11-13H,1,10H2,2-4H3. The minimum absolute atomic E-state index is 0.493. The second kappa shape index (κ2) is 9.09. The molecule has 0 spiro atoms. The molecule has 0 saturated carbocycles. The first kappa shape index (κ1) is 19.5. The fraction of sp³-hybridized carbons (Fsp3) is 0.200. The lowest BCUT2D eigenvalue weighted by atomic mass is 10.2. The van der Waals surface area contributed by atoms with E-state index in [-0.39, 0.29) is 0 Å². The van der Waals surface area contributed by atoms with Gasteiger partial charge in [-0.2, -0.15) is 5.10 Å². The van der Waals surface area contributed by atoms with Crippen LogP contribution in [0.4, 0.5) is 0 Å². The van der Waals surface area contributed by atoms with Crippen LogP contribution in [-0.2, 0) is 0 Å². The van der Waals surface area contributed by atoms with Crippen molar-refractivity contribution in [1.29, 1.82) is 0 Å². The van der Waals surface area contributed by atoms with Crippen molar-refractivity contribution in [3.8, 4) is 28.7 Å². The molecule has 0 aliphatic carbocycles. The van der Waals surface area contributed by atoms with Gasteiger partial charge in [0.25, 0.3) is 0 Å². The van der Waals surface area contributed by atoms with E-state index in [0.29, 0.717) is 29.6 Å². The summed E-state index contributed by atoms with van der Waals surface area (Å²) in [5, 5.41) is 6.57. The Balaban J connectivity index is 2.10. The van der Waals surface area contributed by atoms with Crippen LogP contribution in [0.5, 0.6) is 17.2 Å². The zero-order valence-electron chi connectivity index (χ0n) is 15.9. The van der Waals surface area contributed by atoms with Crippen molar-refractivity contribution >= 4 is 17.6 Å². The summed E-state index contributed by atoms with van der Waals surface area (Å²) in [4.78, 5) is 5.23. The average Bonchev–Trinajstić information content (AvgIpc) is 3.39. The molecule has 1 aromatic carbocycles. The van der Waals surface area contributed by atoms with E-state index in [1.807, 2.05) is 23.6 Å². The third-order valence-corrected chi connectivity index (χ3v) is 4.72. The molecule has 0 bridgehead atoms. The largest absolute Gasteiger partial charge is 0.493 e. The maximum atomic E-state index is 5.53. The topological polar surface area (TPSA) is 70.5 Å². The molecule has 146 valence electrons. The number of methoxy groups -OCH3 is 3. The summed E-state index contributed by atoms with van der Waals surface area (Å²) in [5.41, 5.74) is 1.53. The predicted octanol–water partition coefficient (Wildman–Crippen LogP) is 3.80. The summed E-state index contributed by atoms with van der Waals surface area (Å²) in [5.74, 6) is 2.32. The molecule has 0 aliphatic rings. The zero-order chi connectivity index (χ0) is 19.9. The van der Waals surface area contributed by atoms with E-state index >= 15 is 0 Å². The Morgan fingerprint density at radius 1 is 1.14 bits per heavy atom. The van der Waals surface area contributed by atoms with Gasteiger partial charge in [-0.3, -0.25) is 4.99 Å². The van der Waals surface area contributed by atoms with Gasteiger partial charge in [-0.25, -0.2) is 4.68 Å². The fourth-order valence-corrected chi connectivity index (χ4v) is 3.43. The lowest BCUT2D eigenvalue weighted by Gasteiger charge is -2.13. The van der Waals surface area contributed by atoms with E-state index in [0.717, 1.165) is 16.1 Å². The summed E-state index contributed by atoms with van der Waals surface area (Å²) < 4.78 is 23.5. The second-order valence-electron chi connectivity index (χ2n) is 5.49. The first-order valence-electron chi connectivity index (χ1n) is 8.42. The molecule has 0 radical (unpaired) electrons. The Bertz CT molecular complexity index is 1030. The molecule has 0 unspecified atom stereocenters. The van der Waals surface area contributed by atoms with Gasteiger partial charge < -0.3 is 18.6 Å². The summed E-state index contributed by atoms with van der Waals surface area (Å²) in [7, 11) is 4.72.